The molecule has 0 unspecified atom stereocenters. The van der Waals surface area contributed by atoms with E-state index in [4.69, 9.17) is 0 Å². The van der Waals surface area contributed by atoms with Crippen LogP contribution in [0.3, 0.4) is 0 Å². The average molecular weight is 179 g/mol. The summed E-state index contributed by atoms with van der Waals surface area (Å²) in [5.74, 6) is 2.74. The molecule has 0 aliphatic carbocycles. The summed E-state index contributed by atoms with van der Waals surface area (Å²) in [6.45, 7) is 6.21. The third-order valence-corrected chi connectivity index (χ3v) is 1.79. The van der Waals surface area contributed by atoms with E-state index in [0.29, 0.717) is 0 Å². The maximum absolute atomic E-state index is 4.39. The fourth-order valence-corrected chi connectivity index (χ4v) is 1.27. The molecule has 0 aromatic carbocycles. The third-order valence-electron chi connectivity index (χ3n) is 1.79. The van der Waals surface area contributed by atoms with Crippen molar-refractivity contribution in [2.24, 2.45) is 0 Å². The van der Waals surface area contributed by atoms with Crippen molar-refractivity contribution in [2.75, 3.05) is 0 Å². The van der Waals surface area contributed by atoms with Gasteiger partial charge in [-0.3, -0.25) is 0 Å². The molecule has 0 radical (unpaired) electrons. The van der Waals surface area contributed by atoms with Gasteiger partial charge in [0.2, 0.25) is 0 Å². The molecule has 1 aromatic heterocycles. The van der Waals surface area contributed by atoms with Crippen LogP contribution in [-0.2, 0) is 12.8 Å². The van der Waals surface area contributed by atoms with E-state index in [1.54, 1.807) is 0 Å². The molecular formula is C10H17N3. The van der Waals surface area contributed by atoms with E-state index in [1.807, 2.05) is 6.92 Å². The molecule has 72 valence electrons. The molecule has 0 N–H and O–H groups in total. The van der Waals surface area contributed by atoms with Crippen LogP contribution in [0.25, 0.3) is 0 Å². The predicted octanol–water partition coefficient (Wildman–Crippen LogP) is 2.09. The monoisotopic (exact) mass is 179 g/mol. The highest BCUT2D eigenvalue weighted by Gasteiger charge is 2.01. The van der Waals surface area contributed by atoms with Gasteiger partial charge in [0.15, 0.2) is 0 Å². The first-order valence-electron chi connectivity index (χ1n) is 4.96. The van der Waals surface area contributed by atoms with E-state index in [1.165, 1.54) is 0 Å². The van der Waals surface area contributed by atoms with Gasteiger partial charge in [-0.25, -0.2) is 15.0 Å². The van der Waals surface area contributed by atoms with Gasteiger partial charge in [-0.1, -0.05) is 13.8 Å². The summed E-state index contributed by atoms with van der Waals surface area (Å²) < 4.78 is 0. The highest BCUT2D eigenvalue weighted by atomic mass is 15.0. The van der Waals surface area contributed by atoms with Gasteiger partial charge in [0.05, 0.1) is 0 Å². The Hall–Kier alpha value is -0.990. The molecule has 1 aromatic rings. The molecule has 1 rings (SSSR count). The Morgan fingerprint density at radius 1 is 0.846 bits per heavy atom. The zero-order valence-corrected chi connectivity index (χ0v) is 8.67. The van der Waals surface area contributed by atoms with Crippen LogP contribution in [0.1, 0.15) is 44.2 Å². The van der Waals surface area contributed by atoms with Crippen LogP contribution in [0, 0.1) is 6.92 Å². The molecule has 0 spiro atoms. The van der Waals surface area contributed by atoms with Gasteiger partial charge in [-0.05, 0) is 19.8 Å². The summed E-state index contributed by atoms with van der Waals surface area (Å²) in [6, 6.07) is 0. The second kappa shape index (κ2) is 4.90. The quantitative estimate of drug-likeness (QED) is 0.710. The van der Waals surface area contributed by atoms with E-state index in [-0.39, 0.29) is 0 Å². The molecular weight excluding hydrogens is 162 g/mol. The standard InChI is InChI=1S/C10H17N3/c1-4-6-9-11-8(3)12-10(13-9)7-5-2/h4-7H2,1-3H3. The van der Waals surface area contributed by atoms with Crippen LogP contribution in [0.2, 0.25) is 0 Å². The van der Waals surface area contributed by atoms with E-state index in [0.717, 1.165) is 43.2 Å². The molecule has 3 nitrogen and oxygen atoms in total. The molecule has 0 aliphatic heterocycles. The summed E-state index contributed by atoms with van der Waals surface area (Å²) in [5.41, 5.74) is 0. The second-order valence-corrected chi connectivity index (χ2v) is 3.22. The van der Waals surface area contributed by atoms with Crippen LogP contribution in [0.5, 0.6) is 0 Å². The SMILES string of the molecule is CCCc1nc(C)nc(CCC)n1. The number of hydrogen-bond acceptors (Lipinski definition) is 3. The van der Waals surface area contributed by atoms with Crippen molar-refractivity contribution in [3.8, 4) is 0 Å². The zero-order chi connectivity index (χ0) is 9.68. The van der Waals surface area contributed by atoms with Crippen LogP contribution in [-0.4, -0.2) is 15.0 Å². The minimum atomic E-state index is 0.849. The largest absolute Gasteiger partial charge is 0.218 e. The Balaban J connectivity index is 2.83. The Labute approximate surface area is 79.6 Å². The lowest BCUT2D eigenvalue weighted by atomic mass is 10.3. The smallest absolute Gasteiger partial charge is 0.132 e. The fraction of sp³-hybridized carbons (Fsp3) is 0.700. The Morgan fingerprint density at radius 3 is 1.69 bits per heavy atom. The first kappa shape index (κ1) is 10.1. The average Bonchev–Trinajstić information content (AvgIpc) is 2.04. The van der Waals surface area contributed by atoms with E-state index in [2.05, 4.69) is 28.8 Å². The van der Waals surface area contributed by atoms with Crippen molar-refractivity contribution in [3.63, 3.8) is 0 Å². The molecule has 3 heteroatoms. The molecule has 1 heterocycles. The van der Waals surface area contributed by atoms with Crippen LogP contribution in [0.15, 0.2) is 0 Å². The number of aromatic nitrogens is 3. The number of hydrogen-bond donors (Lipinski definition) is 0. The molecule has 0 amide bonds. The maximum Gasteiger partial charge on any atom is 0.132 e. The van der Waals surface area contributed by atoms with Crippen molar-refractivity contribution in [1.82, 2.24) is 15.0 Å². The lowest BCUT2D eigenvalue weighted by Gasteiger charge is -2.02. The minimum absolute atomic E-state index is 0.849. The lowest BCUT2D eigenvalue weighted by Crippen LogP contribution is -2.05. The second-order valence-electron chi connectivity index (χ2n) is 3.22. The molecule has 0 fully saturated rings. The van der Waals surface area contributed by atoms with Crippen molar-refractivity contribution >= 4 is 0 Å². The molecule has 0 saturated heterocycles. The van der Waals surface area contributed by atoms with Gasteiger partial charge in [0.25, 0.3) is 0 Å². The Bertz CT molecular complexity index is 247. The highest BCUT2D eigenvalue weighted by molar-refractivity contribution is 4.96. The van der Waals surface area contributed by atoms with Gasteiger partial charge in [0.1, 0.15) is 17.5 Å². The molecule has 13 heavy (non-hydrogen) atoms. The first-order chi connectivity index (χ1) is 6.26. The van der Waals surface area contributed by atoms with Crippen molar-refractivity contribution in [3.05, 3.63) is 17.5 Å². The third kappa shape index (κ3) is 3.09. The topological polar surface area (TPSA) is 38.7 Å². The van der Waals surface area contributed by atoms with Crippen molar-refractivity contribution < 1.29 is 0 Å². The van der Waals surface area contributed by atoms with Crippen molar-refractivity contribution in [2.45, 2.75) is 46.5 Å². The lowest BCUT2D eigenvalue weighted by molar-refractivity contribution is 0.737. The fourth-order valence-electron chi connectivity index (χ4n) is 1.27. The Morgan fingerprint density at radius 2 is 1.31 bits per heavy atom. The summed E-state index contributed by atoms with van der Waals surface area (Å²) >= 11 is 0. The first-order valence-corrected chi connectivity index (χ1v) is 4.96. The van der Waals surface area contributed by atoms with Gasteiger partial charge >= 0.3 is 0 Å². The van der Waals surface area contributed by atoms with Crippen LogP contribution >= 0.6 is 0 Å². The highest BCUT2D eigenvalue weighted by Crippen LogP contribution is 2.00. The summed E-state index contributed by atoms with van der Waals surface area (Å²) in [6.07, 6.45) is 4.10. The van der Waals surface area contributed by atoms with Gasteiger partial charge < -0.3 is 0 Å². The van der Waals surface area contributed by atoms with E-state index in [9.17, 15) is 0 Å². The molecule has 0 atom stereocenters. The Kier molecular flexibility index (Phi) is 3.80. The van der Waals surface area contributed by atoms with Gasteiger partial charge in [-0.15, -0.1) is 0 Å². The van der Waals surface area contributed by atoms with Gasteiger partial charge in [-0.2, -0.15) is 0 Å². The molecule has 0 aliphatic rings. The van der Waals surface area contributed by atoms with Crippen LogP contribution in [0.4, 0.5) is 0 Å². The zero-order valence-electron chi connectivity index (χ0n) is 8.67. The number of rotatable bonds is 4. The minimum Gasteiger partial charge on any atom is -0.218 e. The summed E-state index contributed by atoms with van der Waals surface area (Å²) in [5, 5.41) is 0. The van der Waals surface area contributed by atoms with Gasteiger partial charge in [0, 0.05) is 12.8 Å². The predicted molar refractivity (Wildman–Crippen MR) is 52.6 cm³/mol. The van der Waals surface area contributed by atoms with E-state index < -0.39 is 0 Å². The maximum atomic E-state index is 4.39. The summed E-state index contributed by atoms with van der Waals surface area (Å²) in [4.78, 5) is 13.0. The van der Waals surface area contributed by atoms with E-state index >= 15 is 0 Å². The molecule has 0 saturated carbocycles. The molecule has 0 bridgehead atoms. The number of aryl methyl sites for hydroxylation is 3. The normalized spacial score (nSPS) is 10.4. The summed E-state index contributed by atoms with van der Waals surface area (Å²) in [7, 11) is 0. The van der Waals surface area contributed by atoms with Crippen LogP contribution < -0.4 is 0 Å². The van der Waals surface area contributed by atoms with Crippen molar-refractivity contribution in [1.29, 1.82) is 0 Å². The number of nitrogens with zero attached hydrogens (tertiary/aromatic N) is 3.